The number of carboxylic acids is 1. The Balaban J connectivity index is 3.87. The van der Waals surface area contributed by atoms with Crippen molar-refractivity contribution in [2.45, 2.75) is 30.5 Å². The molecule has 12 heavy (non-hydrogen) atoms. The molecular formula is C7H13NO3Se. The first-order valence-corrected chi connectivity index (χ1v) is 6.49. The number of hydrogen-bond acceptors (Lipinski definition) is 2. The number of nitrogens with one attached hydrogen (secondary N) is 1. The second-order valence-corrected chi connectivity index (χ2v) is 4.44. The Morgan fingerprint density at radius 1 is 1.58 bits per heavy atom. The van der Waals surface area contributed by atoms with E-state index >= 15 is 0 Å². The van der Waals surface area contributed by atoms with Crippen LogP contribution >= 0.6 is 0 Å². The van der Waals surface area contributed by atoms with Crippen molar-refractivity contribution >= 4 is 26.8 Å². The summed E-state index contributed by atoms with van der Waals surface area (Å²) in [5.74, 6) is 0.806. The summed E-state index contributed by atoms with van der Waals surface area (Å²) in [6, 6.07) is -0.704. The monoisotopic (exact) mass is 239 g/mol. The van der Waals surface area contributed by atoms with E-state index in [0.717, 1.165) is 5.32 Å². The molecular weight excluding hydrogens is 225 g/mol. The zero-order valence-electron chi connectivity index (χ0n) is 7.16. The van der Waals surface area contributed by atoms with Gasteiger partial charge in [0.2, 0.25) is 0 Å². The fourth-order valence-corrected chi connectivity index (χ4v) is 1.73. The number of aliphatic carboxylic acids is 1. The molecule has 0 aliphatic rings. The van der Waals surface area contributed by atoms with E-state index in [1.165, 1.54) is 6.92 Å². The predicted octanol–water partition coefficient (Wildman–Crippen LogP) is 0.136. The molecule has 0 aromatic rings. The molecule has 0 bridgehead atoms. The molecule has 0 aromatic heterocycles. The number of hydrogen-bond donors (Lipinski definition) is 2. The predicted molar refractivity (Wildman–Crippen MR) is 46.3 cm³/mol. The minimum atomic E-state index is -0.950. The zero-order valence-corrected chi connectivity index (χ0v) is 8.88. The van der Waals surface area contributed by atoms with Crippen LogP contribution in [0.1, 0.15) is 13.3 Å². The molecule has 0 radical (unpaired) electrons. The van der Waals surface area contributed by atoms with Crippen LogP contribution in [0.5, 0.6) is 0 Å². The molecule has 2 N–H and O–H groups in total. The van der Waals surface area contributed by atoms with Crippen LogP contribution in [-0.4, -0.2) is 38.0 Å². The van der Waals surface area contributed by atoms with Gasteiger partial charge in [-0.3, -0.25) is 0 Å². The average Bonchev–Trinajstić information content (AvgIpc) is 1.96. The first kappa shape index (κ1) is 11.5. The van der Waals surface area contributed by atoms with Gasteiger partial charge in [0.05, 0.1) is 0 Å². The number of carbonyl (C=O) groups excluding carboxylic acids is 1. The molecule has 4 nitrogen and oxygen atoms in total. The zero-order chi connectivity index (χ0) is 9.56. The molecule has 0 spiro atoms. The van der Waals surface area contributed by atoms with Crippen LogP contribution in [0.2, 0.25) is 11.1 Å². The molecule has 0 saturated heterocycles. The van der Waals surface area contributed by atoms with Crippen LogP contribution < -0.4 is 5.32 Å². The fraction of sp³-hybridized carbons (Fsp3) is 0.714. The van der Waals surface area contributed by atoms with E-state index < -0.39 is 12.0 Å². The molecule has 0 heterocycles. The van der Waals surface area contributed by atoms with Crippen molar-refractivity contribution in [2.75, 3.05) is 0 Å². The van der Waals surface area contributed by atoms with Crippen molar-refractivity contribution in [2.24, 2.45) is 0 Å². The SMILES string of the molecule is C[Se]CCC(NC(C)=O)C(=O)O. The van der Waals surface area contributed by atoms with Crippen LogP contribution in [-0.2, 0) is 9.59 Å². The Morgan fingerprint density at radius 3 is 2.50 bits per heavy atom. The normalized spacial score (nSPS) is 12.2. The maximum absolute atomic E-state index is 10.6. The summed E-state index contributed by atoms with van der Waals surface area (Å²) in [4.78, 5) is 21.1. The molecule has 1 atom stereocenters. The van der Waals surface area contributed by atoms with E-state index in [1.54, 1.807) is 0 Å². The van der Waals surface area contributed by atoms with Gasteiger partial charge >= 0.3 is 77.4 Å². The molecule has 5 heteroatoms. The van der Waals surface area contributed by atoms with Gasteiger partial charge in [-0.25, -0.2) is 0 Å². The van der Waals surface area contributed by atoms with Crippen molar-refractivity contribution in [3.05, 3.63) is 0 Å². The van der Waals surface area contributed by atoms with Crippen molar-refractivity contribution in [1.82, 2.24) is 5.32 Å². The molecule has 0 saturated carbocycles. The van der Waals surface area contributed by atoms with Crippen LogP contribution in [0.4, 0.5) is 0 Å². The van der Waals surface area contributed by atoms with Gasteiger partial charge in [-0.1, -0.05) is 0 Å². The van der Waals surface area contributed by atoms with Gasteiger partial charge in [0.15, 0.2) is 0 Å². The van der Waals surface area contributed by atoms with Gasteiger partial charge in [-0.15, -0.1) is 0 Å². The third kappa shape index (κ3) is 5.15. The molecule has 0 rings (SSSR count). The van der Waals surface area contributed by atoms with Gasteiger partial charge in [-0.2, -0.15) is 0 Å². The average molecular weight is 238 g/mol. The summed E-state index contributed by atoms with van der Waals surface area (Å²) < 4.78 is 0. The Labute approximate surface area is 77.9 Å². The summed E-state index contributed by atoms with van der Waals surface area (Å²) in [5, 5.41) is 11.9. The fourth-order valence-electron chi connectivity index (χ4n) is 0.738. The van der Waals surface area contributed by atoms with Crippen LogP contribution in [0.15, 0.2) is 0 Å². The maximum atomic E-state index is 10.6. The Morgan fingerprint density at radius 2 is 2.17 bits per heavy atom. The van der Waals surface area contributed by atoms with Crippen molar-refractivity contribution in [1.29, 1.82) is 0 Å². The van der Waals surface area contributed by atoms with Gasteiger partial charge < -0.3 is 0 Å². The Kier molecular flexibility index (Phi) is 5.76. The van der Waals surface area contributed by atoms with Gasteiger partial charge in [0.25, 0.3) is 0 Å². The van der Waals surface area contributed by atoms with Gasteiger partial charge in [-0.05, 0) is 0 Å². The minimum absolute atomic E-state index is 0.286. The first-order valence-electron chi connectivity index (χ1n) is 3.56. The Hall–Kier alpha value is -0.541. The van der Waals surface area contributed by atoms with E-state index in [9.17, 15) is 9.59 Å². The van der Waals surface area contributed by atoms with E-state index in [1.807, 2.05) is 5.82 Å². The Bertz CT molecular complexity index is 172. The number of rotatable bonds is 5. The van der Waals surface area contributed by atoms with E-state index in [0.29, 0.717) is 21.4 Å². The topological polar surface area (TPSA) is 66.4 Å². The van der Waals surface area contributed by atoms with Crippen molar-refractivity contribution < 1.29 is 14.7 Å². The van der Waals surface area contributed by atoms with Crippen molar-refractivity contribution in [3.8, 4) is 0 Å². The van der Waals surface area contributed by atoms with Crippen molar-refractivity contribution in [3.63, 3.8) is 0 Å². The summed E-state index contributed by atoms with van der Waals surface area (Å²) in [6.45, 7) is 1.33. The van der Waals surface area contributed by atoms with Gasteiger partial charge in [0.1, 0.15) is 0 Å². The van der Waals surface area contributed by atoms with E-state index in [4.69, 9.17) is 5.11 Å². The first-order chi connectivity index (χ1) is 5.57. The van der Waals surface area contributed by atoms with Crippen LogP contribution in [0.25, 0.3) is 0 Å². The number of carboxylic acid groups (broad SMARTS) is 1. The van der Waals surface area contributed by atoms with Crippen LogP contribution in [0, 0.1) is 0 Å². The standard InChI is InChI=1S/C7H13NO3Se/c1-5(9)8-6(7(10)11)3-4-12-2/h6H,3-4H2,1-2H3,(H,8,9)(H,10,11). The summed E-state index contributed by atoms with van der Waals surface area (Å²) in [7, 11) is 0. The molecule has 0 fully saturated rings. The van der Waals surface area contributed by atoms with E-state index in [-0.39, 0.29) is 5.91 Å². The van der Waals surface area contributed by atoms with Gasteiger partial charge in [0, 0.05) is 0 Å². The molecule has 1 amide bonds. The number of carbonyl (C=O) groups is 2. The van der Waals surface area contributed by atoms with E-state index in [2.05, 4.69) is 5.32 Å². The third-order valence-electron chi connectivity index (χ3n) is 1.29. The van der Waals surface area contributed by atoms with Crippen LogP contribution in [0.3, 0.4) is 0 Å². The molecule has 70 valence electrons. The molecule has 0 aromatic carbocycles. The molecule has 0 aliphatic carbocycles. The third-order valence-corrected chi connectivity index (χ3v) is 2.64. The number of amides is 1. The second kappa shape index (κ2) is 6.03. The quantitative estimate of drug-likeness (QED) is 0.669. The second-order valence-electron chi connectivity index (χ2n) is 2.37. The summed E-state index contributed by atoms with van der Waals surface area (Å²) in [6.07, 6.45) is 0.533. The summed E-state index contributed by atoms with van der Waals surface area (Å²) >= 11 is 0.464. The summed E-state index contributed by atoms with van der Waals surface area (Å²) in [5.41, 5.74) is 0. The molecule has 1 unspecified atom stereocenters. The molecule has 0 aliphatic heterocycles.